The van der Waals surface area contributed by atoms with Gasteiger partial charge in [0.05, 0.1) is 5.60 Å². The number of ether oxygens (including phenoxy) is 1. The first-order valence-corrected chi connectivity index (χ1v) is 6.32. The molecule has 2 heterocycles. The summed E-state index contributed by atoms with van der Waals surface area (Å²) < 4.78 is 5.59. The van der Waals surface area contributed by atoms with Crippen LogP contribution in [-0.2, 0) is 4.74 Å². The maximum atomic E-state index is 11.8. The first kappa shape index (κ1) is 12.3. The van der Waals surface area contributed by atoms with E-state index in [-0.39, 0.29) is 17.6 Å². The van der Waals surface area contributed by atoms with Crippen molar-refractivity contribution in [1.29, 1.82) is 0 Å². The molecule has 1 aromatic heterocycles. The smallest absolute Gasteiger partial charge is 0.282 e. The molecule has 1 amide bonds. The zero-order valence-electron chi connectivity index (χ0n) is 9.90. The van der Waals surface area contributed by atoms with Gasteiger partial charge in [0.15, 0.2) is 0 Å². The number of carbonyl (C=O) groups is 1. The molecule has 1 aromatic rings. The van der Waals surface area contributed by atoms with Gasteiger partial charge in [0.25, 0.3) is 5.91 Å². The minimum Gasteiger partial charge on any atom is -0.375 e. The van der Waals surface area contributed by atoms with Crippen molar-refractivity contribution in [3.63, 3.8) is 0 Å². The highest BCUT2D eigenvalue weighted by molar-refractivity contribution is 7.16. The van der Waals surface area contributed by atoms with Gasteiger partial charge in [-0.15, -0.1) is 10.2 Å². The Kier molecular flexibility index (Phi) is 3.30. The lowest BCUT2D eigenvalue weighted by Crippen LogP contribution is -2.45. The molecular weight excluding hydrogens is 240 g/mol. The molecule has 0 aromatic carbocycles. The van der Waals surface area contributed by atoms with Crippen LogP contribution in [0.1, 0.15) is 36.5 Å². The van der Waals surface area contributed by atoms with E-state index >= 15 is 0 Å². The van der Waals surface area contributed by atoms with Gasteiger partial charge >= 0.3 is 0 Å². The molecule has 0 aliphatic carbocycles. The minimum atomic E-state index is -0.207. The fourth-order valence-electron chi connectivity index (χ4n) is 1.93. The van der Waals surface area contributed by atoms with E-state index in [0.717, 1.165) is 24.2 Å². The molecule has 0 spiro atoms. The second-order valence-electron chi connectivity index (χ2n) is 4.72. The molecule has 0 saturated carbocycles. The van der Waals surface area contributed by atoms with E-state index in [0.29, 0.717) is 16.7 Å². The lowest BCUT2D eigenvalue weighted by molar-refractivity contribution is -0.0615. The highest BCUT2D eigenvalue weighted by Gasteiger charge is 2.30. The molecule has 1 fully saturated rings. The molecule has 1 aliphatic heterocycles. The van der Waals surface area contributed by atoms with Gasteiger partial charge < -0.3 is 15.8 Å². The van der Waals surface area contributed by atoms with E-state index in [2.05, 4.69) is 15.5 Å². The number of nitrogens with zero attached hydrogens (tertiary/aromatic N) is 2. The largest absolute Gasteiger partial charge is 0.375 e. The summed E-state index contributed by atoms with van der Waals surface area (Å²) in [6.07, 6.45) is 1.62. The Morgan fingerprint density at radius 1 is 1.59 bits per heavy atom. The van der Waals surface area contributed by atoms with Gasteiger partial charge in [0.1, 0.15) is 0 Å². The van der Waals surface area contributed by atoms with Gasteiger partial charge in [0.2, 0.25) is 10.1 Å². The van der Waals surface area contributed by atoms with E-state index in [9.17, 15) is 4.79 Å². The van der Waals surface area contributed by atoms with Gasteiger partial charge in [-0.3, -0.25) is 4.79 Å². The zero-order valence-corrected chi connectivity index (χ0v) is 10.7. The van der Waals surface area contributed by atoms with Crippen LogP contribution in [0.2, 0.25) is 0 Å². The van der Waals surface area contributed by atoms with Crippen molar-refractivity contribution in [2.75, 3.05) is 12.3 Å². The molecule has 6 nitrogen and oxygen atoms in total. The monoisotopic (exact) mass is 256 g/mol. The summed E-state index contributed by atoms with van der Waals surface area (Å²) in [4.78, 5) is 11.8. The topological polar surface area (TPSA) is 90.1 Å². The molecule has 0 radical (unpaired) electrons. The molecular formula is C10H16N4O2S. The van der Waals surface area contributed by atoms with Crippen LogP contribution >= 0.6 is 11.3 Å². The number of hydrogen-bond acceptors (Lipinski definition) is 6. The Balaban J connectivity index is 1.95. The van der Waals surface area contributed by atoms with Crippen molar-refractivity contribution in [3.05, 3.63) is 5.01 Å². The van der Waals surface area contributed by atoms with Crippen molar-refractivity contribution in [2.45, 2.75) is 38.3 Å². The van der Waals surface area contributed by atoms with E-state index in [1.807, 2.05) is 13.8 Å². The Morgan fingerprint density at radius 3 is 2.94 bits per heavy atom. The fraction of sp³-hybridized carbons (Fsp3) is 0.700. The highest BCUT2D eigenvalue weighted by atomic mass is 32.1. The minimum absolute atomic E-state index is 0.122. The zero-order chi connectivity index (χ0) is 12.5. The van der Waals surface area contributed by atoms with E-state index in [1.54, 1.807) is 0 Å². The molecule has 0 bridgehead atoms. The number of nitrogens with two attached hydrogens (primary N) is 1. The fourth-order valence-corrected chi connectivity index (χ4v) is 2.44. The number of rotatable bonds is 2. The molecule has 7 heteroatoms. The van der Waals surface area contributed by atoms with Crippen LogP contribution in [0.3, 0.4) is 0 Å². The van der Waals surface area contributed by atoms with Gasteiger partial charge in [0, 0.05) is 12.6 Å². The lowest BCUT2D eigenvalue weighted by atomic mass is 9.94. The summed E-state index contributed by atoms with van der Waals surface area (Å²) in [5.74, 6) is -0.207. The maximum absolute atomic E-state index is 11.8. The third kappa shape index (κ3) is 3.13. The lowest BCUT2D eigenvalue weighted by Gasteiger charge is -2.35. The predicted octanol–water partition coefficient (Wildman–Crippen LogP) is 0.808. The summed E-state index contributed by atoms with van der Waals surface area (Å²) in [5, 5.41) is 10.9. The number of nitrogens with one attached hydrogen (secondary N) is 1. The Morgan fingerprint density at radius 2 is 2.35 bits per heavy atom. The summed E-state index contributed by atoms with van der Waals surface area (Å²) >= 11 is 1.10. The number of anilines is 1. The number of amides is 1. The molecule has 94 valence electrons. The van der Waals surface area contributed by atoms with Crippen LogP contribution in [0.15, 0.2) is 0 Å². The molecule has 1 aliphatic rings. The van der Waals surface area contributed by atoms with Crippen molar-refractivity contribution in [3.8, 4) is 0 Å². The van der Waals surface area contributed by atoms with Gasteiger partial charge in [-0.1, -0.05) is 11.3 Å². The maximum Gasteiger partial charge on any atom is 0.282 e. The van der Waals surface area contributed by atoms with Crippen molar-refractivity contribution in [1.82, 2.24) is 15.5 Å². The second kappa shape index (κ2) is 4.58. The van der Waals surface area contributed by atoms with E-state index in [1.165, 1.54) is 0 Å². The molecule has 2 rings (SSSR count). The number of carbonyl (C=O) groups excluding carboxylic acids is 1. The van der Waals surface area contributed by atoms with Crippen LogP contribution in [0.4, 0.5) is 5.13 Å². The highest BCUT2D eigenvalue weighted by Crippen LogP contribution is 2.24. The predicted molar refractivity (Wildman–Crippen MR) is 64.8 cm³/mol. The summed E-state index contributed by atoms with van der Waals surface area (Å²) in [5.41, 5.74) is 5.25. The average molecular weight is 256 g/mol. The summed E-state index contributed by atoms with van der Waals surface area (Å²) in [6, 6.07) is 0.122. The molecule has 1 atom stereocenters. The van der Waals surface area contributed by atoms with Crippen molar-refractivity contribution in [2.24, 2.45) is 0 Å². The standard InChI is InChI=1S/C10H16N4O2S/c1-10(2)5-6(3-4-16-10)12-7(15)8-13-14-9(11)17-8/h6H,3-5H2,1-2H3,(H2,11,14)(H,12,15). The van der Waals surface area contributed by atoms with Crippen LogP contribution < -0.4 is 11.1 Å². The van der Waals surface area contributed by atoms with Gasteiger partial charge in [-0.05, 0) is 26.7 Å². The van der Waals surface area contributed by atoms with Crippen LogP contribution in [-0.4, -0.2) is 34.4 Å². The normalized spacial score (nSPS) is 23.3. The van der Waals surface area contributed by atoms with Gasteiger partial charge in [-0.25, -0.2) is 0 Å². The van der Waals surface area contributed by atoms with E-state index < -0.39 is 0 Å². The summed E-state index contributed by atoms with van der Waals surface area (Å²) in [7, 11) is 0. The number of hydrogen-bond donors (Lipinski definition) is 2. The van der Waals surface area contributed by atoms with Crippen molar-refractivity contribution >= 4 is 22.4 Å². The van der Waals surface area contributed by atoms with Gasteiger partial charge in [-0.2, -0.15) is 0 Å². The number of nitrogen functional groups attached to an aromatic ring is 1. The quantitative estimate of drug-likeness (QED) is 0.817. The van der Waals surface area contributed by atoms with E-state index in [4.69, 9.17) is 10.5 Å². The van der Waals surface area contributed by atoms with Crippen LogP contribution in [0, 0.1) is 0 Å². The van der Waals surface area contributed by atoms with Crippen LogP contribution in [0.25, 0.3) is 0 Å². The molecule has 1 unspecified atom stereocenters. The molecule has 1 saturated heterocycles. The SMILES string of the molecule is CC1(C)CC(NC(=O)c2nnc(N)s2)CCO1. The van der Waals surface area contributed by atoms with Crippen molar-refractivity contribution < 1.29 is 9.53 Å². The first-order chi connectivity index (χ1) is 7.96. The first-order valence-electron chi connectivity index (χ1n) is 5.50. The average Bonchev–Trinajstić information content (AvgIpc) is 2.63. The molecule has 3 N–H and O–H groups in total. The Bertz CT molecular complexity index is 418. The molecule has 17 heavy (non-hydrogen) atoms. The Labute approximate surface area is 104 Å². The third-order valence-corrected chi connectivity index (χ3v) is 3.42. The van der Waals surface area contributed by atoms with Crippen LogP contribution in [0.5, 0.6) is 0 Å². The third-order valence-electron chi connectivity index (χ3n) is 2.67. The second-order valence-corrected chi connectivity index (χ2v) is 5.73. The Hall–Kier alpha value is -1.21. The summed E-state index contributed by atoms with van der Waals surface area (Å²) in [6.45, 7) is 4.71. The number of aromatic nitrogens is 2.